The normalized spacial score (nSPS) is 19.1. The molecule has 0 aliphatic carbocycles. The second-order valence-electron chi connectivity index (χ2n) is 4.15. The number of hydrogen-bond acceptors (Lipinski definition) is 3. The number of nitrogens with zero attached hydrogens (tertiary/aromatic N) is 1. The van der Waals surface area contributed by atoms with Crippen LogP contribution in [0.1, 0.15) is 6.42 Å². The number of carbonyl (C=O) groups is 1. The summed E-state index contributed by atoms with van der Waals surface area (Å²) in [4.78, 5) is 13.4. The van der Waals surface area contributed by atoms with Crippen LogP contribution in [0.5, 0.6) is 5.75 Å². The van der Waals surface area contributed by atoms with Gasteiger partial charge in [-0.05, 0) is 40.5 Å². The fourth-order valence-corrected chi connectivity index (χ4v) is 2.59. The molecule has 0 aromatic heterocycles. The van der Waals surface area contributed by atoms with Crippen molar-refractivity contribution in [2.45, 2.75) is 12.5 Å². The summed E-state index contributed by atoms with van der Waals surface area (Å²) in [5.74, 6) is 0.459. The van der Waals surface area contributed by atoms with Gasteiger partial charge in [0.2, 0.25) is 0 Å². The first-order chi connectivity index (χ1) is 8.56. The van der Waals surface area contributed by atoms with Crippen LogP contribution in [-0.4, -0.2) is 41.7 Å². The second kappa shape index (κ2) is 5.91. The maximum Gasteiger partial charge on any atom is 0.260 e. The van der Waals surface area contributed by atoms with Crippen molar-refractivity contribution in [3.8, 4) is 5.75 Å². The molecule has 0 radical (unpaired) electrons. The molecular formula is C12H13BrClNO3. The van der Waals surface area contributed by atoms with Crippen LogP contribution < -0.4 is 4.74 Å². The molecule has 1 N–H and O–H groups in total. The Bertz CT molecular complexity index is 455. The van der Waals surface area contributed by atoms with Crippen molar-refractivity contribution in [3.05, 3.63) is 27.7 Å². The number of ether oxygens (including phenoxy) is 1. The van der Waals surface area contributed by atoms with Crippen molar-refractivity contribution < 1.29 is 14.6 Å². The Morgan fingerprint density at radius 2 is 2.39 bits per heavy atom. The molecule has 18 heavy (non-hydrogen) atoms. The van der Waals surface area contributed by atoms with Gasteiger partial charge in [0.15, 0.2) is 6.61 Å². The summed E-state index contributed by atoms with van der Waals surface area (Å²) in [6.45, 7) is 0.947. The number of likely N-dealkylation sites (tertiary alicyclic amines) is 1. The molecule has 1 fully saturated rings. The minimum atomic E-state index is -0.406. The summed E-state index contributed by atoms with van der Waals surface area (Å²) in [6.07, 6.45) is 0.229. The minimum absolute atomic E-state index is 0.0348. The van der Waals surface area contributed by atoms with E-state index >= 15 is 0 Å². The van der Waals surface area contributed by atoms with Crippen molar-refractivity contribution in [2.24, 2.45) is 0 Å². The molecule has 2 rings (SSSR count). The highest BCUT2D eigenvalue weighted by Crippen LogP contribution is 2.28. The average Bonchev–Trinajstić information content (AvgIpc) is 2.74. The van der Waals surface area contributed by atoms with E-state index < -0.39 is 6.10 Å². The van der Waals surface area contributed by atoms with Crippen molar-refractivity contribution in [1.29, 1.82) is 0 Å². The lowest BCUT2D eigenvalue weighted by molar-refractivity contribution is -0.132. The molecule has 1 amide bonds. The zero-order chi connectivity index (χ0) is 13.1. The predicted molar refractivity (Wildman–Crippen MR) is 71.9 cm³/mol. The van der Waals surface area contributed by atoms with E-state index in [9.17, 15) is 9.90 Å². The molecule has 0 saturated carbocycles. The Morgan fingerprint density at radius 1 is 1.61 bits per heavy atom. The lowest BCUT2D eigenvalue weighted by atomic mass is 10.3. The first-order valence-corrected chi connectivity index (χ1v) is 6.77. The fraction of sp³-hybridized carbons (Fsp3) is 0.417. The van der Waals surface area contributed by atoms with Gasteiger partial charge in [-0.15, -0.1) is 0 Å². The van der Waals surface area contributed by atoms with Gasteiger partial charge >= 0.3 is 0 Å². The molecule has 1 heterocycles. The molecule has 1 aromatic rings. The third-order valence-corrected chi connectivity index (χ3v) is 3.62. The van der Waals surface area contributed by atoms with E-state index in [2.05, 4.69) is 15.9 Å². The minimum Gasteiger partial charge on any atom is -0.483 e. The summed E-state index contributed by atoms with van der Waals surface area (Å²) in [6, 6.07) is 5.12. The van der Waals surface area contributed by atoms with Crippen LogP contribution in [0.3, 0.4) is 0 Å². The molecule has 6 heteroatoms. The number of β-amino-alcohol motifs (C(OH)–C–C–N with tert-alkyl or cyclic N) is 1. The zero-order valence-electron chi connectivity index (χ0n) is 9.60. The summed E-state index contributed by atoms with van der Waals surface area (Å²) >= 11 is 9.13. The lowest BCUT2D eigenvalue weighted by Gasteiger charge is -2.16. The van der Waals surface area contributed by atoms with E-state index in [1.165, 1.54) is 0 Å². The highest BCUT2D eigenvalue weighted by atomic mass is 79.9. The van der Waals surface area contributed by atoms with Crippen molar-refractivity contribution in [3.63, 3.8) is 0 Å². The summed E-state index contributed by atoms with van der Waals surface area (Å²) in [5, 5.41) is 9.95. The highest BCUT2D eigenvalue weighted by Gasteiger charge is 2.24. The maximum absolute atomic E-state index is 11.8. The third-order valence-electron chi connectivity index (χ3n) is 2.76. The number of carbonyl (C=O) groups excluding carboxylic acids is 1. The number of aliphatic hydroxyl groups is 1. The van der Waals surface area contributed by atoms with Gasteiger partial charge in [0.1, 0.15) is 5.75 Å². The van der Waals surface area contributed by atoms with Crippen LogP contribution in [0, 0.1) is 0 Å². The monoisotopic (exact) mass is 333 g/mol. The Balaban J connectivity index is 1.89. The van der Waals surface area contributed by atoms with Gasteiger partial charge in [-0.2, -0.15) is 0 Å². The van der Waals surface area contributed by atoms with Crippen molar-refractivity contribution >= 4 is 33.4 Å². The van der Waals surface area contributed by atoms with E-state index in [4.69, 9.17) is 16.3 Å². The molecule has 1 saturated heterocycles. The number of benzene rings is 1. The van der Waals surface area contributed by atoms with Gasteiger partial charge < -0.3 is 14.7 Å². The van der Waals surface area contributed by atoms with Gasteiger partial charge in [0, 0.05) is 18.1 Å². The summed E-state index contributed by atoms with van der Waals surface area (Å²) < 4.78 is 6.14. The molecule has 4 nitrogen and oxygen atoms in total. The highest BCUT2D eigenvalue weighted by molar-refractivity contribution is 9.10. The van der Waals surface area contributed by atoms with Crippen LogP contribution in [0.15, 0.2) is 22.7 Å². The van der Waals surface area contributed by atoms with Crippen LogP contribution in [0.25, 0.3) is 0 Å². The first-order valence-electron chi connectivity index (χ1n) is 5.60. The Kier molecular flexibility index (Phi) is 4.48. The molecule has 1 atom stereocenters. The molecular weight excluding hydrogens is 321 g/mol. The maximum atomic E-state index is 11.8. The van der Waals surface area contributed by atoms with Crippen LogP contribution in [0.2, 0.25) is 5.02 Å². The predicted octanol–water partition coefficient (Wildman–Crippen LogP) is 2.07. The van der Waals surface area contributed by atoms with Crippen LogP contribution in [-0.2, 0) is 4.79 Å². The Hall–Kier alpha value is -0.780. The van der Waals surface area contributed by atoms with Gasteiger partial charge in [0.05, 0.1) is 10.6 Å². The van der Waals surface area contributed by atoms with Gasteiger partial charge in [-0.25, -0.2) is 0 Å². The van der Waals surface area contributed by atoms with Gasteiger partial charge in [-0.1, -0.05) is 11.6 Å². The van der Waals surface area contributed by atoms with Gasteiger partial charge in [-0.3, -0.25) is 4.79 Å². The smallest absolute Gasteiger partial charge is 0.260 e. The fourth-order valence-electron chi connectivity index (χ4n) is 1.79. The molecule has 1 aliphatic rings. The Morgan fingerprint density at radius 3 is 3.00 bits per heavy atom. The molecule has 1 aliphatic heterocycles. The van der Waals surface area contributed by atoms with E-state index in [0.29, 0.717) is 34.8 Å². The number of halogens is 2. The van der Waals surface area contributed by atoms with E-state index in [1.54, 1.807) is 23.1 Å². The third kappa shape index (κ3) is 3.37. The molecule has 0 bridgehead atoms. The SMILES string of the molecule is O=C(COc1ccc(Cl)cc1Br)N1CC[C@H](O)C1. The van der Waals surface area contributed by atoms with E-state index in [1.807, 2.05) is 0 Å². The molecule has 98 valence electrons. The number of aliphatic hydroxyl groups excluding tert-OH is 1. The van der Waals surface area contributed by atoms with Crippen LogP contribution >= 0.6 is 27.5 Å². The van der Waals surface area contributed by atoms with E-state index in [0.717, 1.165) is 0 Å². The summed E-state index contributed by atoms with van der Waals surface area (Å²) in [7, 11) is 0. The second-order valence-corrected chi connectivity index (χ2v) is 5.44. The van der Waals surface area contributed by atoms with Crippen LogP contribution in [0.4, 0.5) is 0 Å². The average molecular weight is 335 g/mol. The van der Waals surface area contributed by atoms with Crippen molar-refractivity contribution in [1.82, 2.24) is 4.90 Å². The van der Waals surface area contributed by atoms with Crippen molar-refractivity contribution in [2.75, 3.05) is 19.7 Å². The lowest BCUT2D eigenvalue weighted by Crippen LogP contribution is -2.33. The Labute approximate surface area is 119 Å². The molecule has 0 unspecified atom stereocenters. The largest absolute Gasteiger partial charge is 0.483 e. The topological polar surface area (TPSA) is 49.8 Å². The molecule has 1 aromatic carbocycles. The standard InChI is InChI=1S/C12H13BrClNO3/c13-10-5-8(14)1-2-11(10)18-7-12(17)15-4-3-9(16)6-15/h1-2,5,9,16H,3-4,6-7H2/t9-/m0/s1. The number of amides is 1. The number of rotatable bonds is 3. The summed E-state index contributed by atoms with van der Waals surface area (Å²) in [5.41, 5.74) is 0. The van der Waals surface area contributed by atoms with E-state index in [-0.39, 0.29) is 12.5 Å². The number of hydrogen-bond donors (Lipinski definition) is 1. The zero-order valence-corrected chi connectivity index (χ0v) is 11.9. The quantitative estimate of drug-likeness (QED) is 0.921. The van der Waals surface area contributed by atoms with Gasteiger partial charge in [0.25, 0.3) is 5.91 Å². The first kappa shape index (κ1) is 13.6. The molecule has 0 spiro atoms.